The highest BCUT2D eigenvalue weighted by Gasteiger charge is 2.42. The molecule has 0 unspecified atom stereocenters. The number of likely N-dealkylation sites (tertiary alicyclic amines) is 1. The van der Waals surface area contributed by atoms with Crippen molar-refractivity contribution < 1.29 is 38.1 Å². The monoisotopic (exact) mass is 584 g/mol. The molecule has 11 nitrogen and oxygen atoms in total. The van der Waals surface area contributed by atoms with E-state index in [1.165, 1.54) is 13.2 Å². The fourth-order valence-electron chi connectivity index (χ4n) is 4.59. The number of thiophene rings is 1. The quantitative estimate of drug-likeness (QED) is 0.0923. The Morgan fingerprint density at radius 3 is 2.05 bits per heavy atom. The van der Waals surface area contributed by atoms with Gasteiger partial charge in [0.05, 0.1) is 38.2 Å². The lowest BCUT2D eigenvalue weighted by molar-refractivity contribution is -0.380. The largest absolute Gasteiger partial charge is 0.514 e. The third-order valence-corrected chi connectivity index (χ3v) is 8.05. The topological polar surface area (TPSA) is 119 Å². The normalized spacial score (nSPS) is 14.9. The van der Waals surface area contributed by atoms with E-state index in [1.807, 2.05) is 37.4 Å². The maximum Gasteiger partial charge on any atom is 0.514 e. The van der Waals surface area contributed by atoms with E-state index in [9.17, 15) is 14.9 Å². The van der Waals surface area contributed by atoms with Crippen molar-refractivity contribution in [3.63, 3.8) is 0 Å². The van der Waals surface area contributed by atoms with Gasteiger partial charge < -0.3 is 33.3 Å². The Kier molecular flexibility index (Phi) is 9.35. The average molecular weight is 585 g/mol. The van der Waals surface area contributed by atoms with E-state index in [0.29, 0.717) is 53.8 Å². The van der Waals surface area contributed by atoms with Crippen LogP contribution in [0.2, 0.25) is 0 Å². The Labute approximate surface area is 241 Å². The summed E-state index contributed by atoms with van der Waals surface area (Å²) in [5.41, 5.74) is 0.497. The number of ether oxygens (including phenoxy) is 6. The molecule has 0 N–H and O–H groups in total. The molecule has 1 aliphatic rings. The molecule has 3 aromatic rings. The Morgan fingerprint density at radius 1 is 0.878 bits per heavy atom. The van der Waals surface area contributed by atoms with Crippen LogP contribution >= 0.6 is 11.3 Å². The highest BCUT2D eigenvalue weighted by atomic mass is 32.1. The highest BCUT2D eigenvalue weighted by molar-refractivity contribution is 7.15. The van der Waals surface area contributed by atoms with Crippen LogP contribution in [0.15, 0.2) is 42.5 Å². The molecule has 0 amide bonds. The van der Waals surface area contributed by atoms with E-state index >= 15 is 0 Å². The van der Waals surface area contributed by atoms with E-state index in [2.05, 4.69) is 4.90 Å². The Morgan fingerprint density at radius 2 is 1.49 bits per heavy atom. The van der Waals surface area contributed by atoms with Crippen molar-refractivity contribution in [1.82, 2.24) is 4.90 Å². The minimum atomic E-state index is -1.03. The minimum Gasteiger partial charge on any atom is -0.493 e. The predicted molar refractivity (Wildman–Crippen MR) is 155 cm³/mol. The predicted octanol–water partition coefficient (Wildman–Crippen LogP) is 6.00. The lowest BCUT2D eigenvalue weighted by Crippen LogP contribution is -2.43. The van der Waals surface area contributed by atoms with Crippen molar-refractivity contribution in [2.75, 3.05) is 48.6 Å². The molecule has 218 valence electrons. The SMILES string of the molecule is COc1ccc(C=Cc2cc(OC)c(OC)c(OC)c2)cc1OC(=O)OC1(c2ccc([N+](=O)[O-])s2)CCN(C)CC1. The molecule has 0 aliphatic carbocycles. The zero-order valence-corrected chi connectivity index (χ0v) is 24.3. The van der Waals surface area contributed by atoms with Gasteiger partial charge in [-0.05, 0) is 48.5 Å². The summed E-state index contributed by atoms with van der Waals surface area (Å²) < 4.78 is 33.2. The van der Waals surface area contributed by atoms with Gasteiger partial charge in [-0.2, -0.15) is 0 Å². The van der Waals surface area contributed by atoms with E-state index < -0.39 is 16.7 Å². The van der Waals surface area contributed by atoms with Crippen LogP contribution in [0.3, 0.4) is 0 Å². The fourth-order valence-corrected chi connectivity index (χ4v) is 5.59. The number of carbonyl (C=O) groups is 1. The standard InChI is InChI=1S/C29H32N2O9S/c1-30-14-12-29(13-15-30,25-10-11-26(41-25)31(33)34)40-28(32)39-22-16-19(8-9-21(22)35-2)6-7-20-17-23(36-3)27(38-5)24(18-20)37-4/h6-11,16-18H,12-15H2,1-5H3. The molecule has 0 radical (unpaired) electrons. The molecule has 4 rings (SSSR count). The van der Waals surface area contributed by atoms with Crippen molar-refractivity contribution >= 4 is 34.6 Å². The fraction of sp³-hybridized carbons (Fsp3) is 0.345. The second kappa shape index (κ2) is 12.9. The molecule has 0 atom stereocenters. The van der Waals surface area contributed by atoms with Gasteiger partial charge in [0.25, 0.3) is 0 Å². The molecule has 0 spiro atoms. The molecule has 0 saturated carbocycles. The van der Waals surface area contributed by atoms with Gasteiger partial charge in [-0.3, -0.25) is 10.1 Å². The van der Waals surface area contributed by atoms with Crippen LogP contribution in [0.4, 0.5) is 9.80 Å². The number of hydrogen-bond acceptors (Lipinski definition) is 11. The number of methoxy groups -OCH3 is 4. The summed E-state index contributed by atoms with van der Waals surface area (Å²) in [5, 5.41) is 11.3. The summed E-state index contributed by atoms with van der Waals surface area (Å²) in [7, 11) is 8.08. The van der Waals surface area contributed by atoms with Gasteiger partial charge in [0.2, 0.25) is 5.75 Å². The number of benzene rings is 2. The first-order valence-electron chi connectivity index (χ1n) is 12.7. The van der Waals surface area contributed by atoms with Crippen LogP contribution in [-0.4, -0.2) is 64.6 Å². The van der Waals surface area contributed by atoms with Crippen molar-refractivity contribution in [2.45, 2.75) is 18.4 Å². The number of nitro groups is 1. The second-order valence-electron chi connectivity index (χ2n) is 9.35. The van der Waals surface area contributed by atoms with Gasteiger partial charge in [-0.1, -0.05) is 29.6 Å². The molecule has 2 heterocycles. The van der Waals surface area contributed by atoms with Crippen molar-refractivity contribution in [1.29, 1.82) is 0 Å². The molecule has 1 aliphatic heterocycles. The Bertz CT molecular complexity index is 1400. The average Bonchev–Trinajstić information content (AvgIpc) is 3.48. The first kappa shape index (κ1) is 29.7. The molecule has 1 aromatic heterocycles. The summed E-state index contributed by atoms with van der Waals surface area (Å²) in [4.78, 5) is 26.7. The maximum absolute atomic E-state index is 13.1. The molecule has 12 heteroatoms. The number of hydrogen-bond donors (Lipinski definition) is 0. The number of piperidine rings is 1. The van der Waals surface area contributed by atoms with Crippen molar-refractivity contribution in [3.05, 3.63) is 68.6 Å². The molecule has 1 saturated heterocycles. The number of rotatable bonds is 10. The molecule has 0 bridgehead atoms. The summed E-state index contributed by atoms with van der Waals surface area (Å²) in [6.07, 6.45) is 3.72. The van der Waals surface area contributed by atoms with E-state index in [1.54, 1.807) is 39.5 Å². The lowest BCUT2D eigenvalue weighted by atomic mass is 9.90. The zero-order valence-electron chi connectivity index (χ0n) is 23.5. The third-order valence-electron chi connectivity index (χ3n) is 6.83. The maximum atomic E-state index is 13.1. The molecule has 2 aromatic carbocycles. The van der Waals surface area contributed by atoms with Crippen LogP contribution < -0.4 is 23.7 Å². The van der Waals surface area contributed by atoms with E-state index in [4.69, 9.17) is 28.4 Å². The molecular weight excluding hydrogens is 552 g/mol. The smallest absolute Gasteiger partial charge is 0.493 e. The van der Waals surface area contributed by atoms with Crippen LogP contribution in [0.25, 0.3) is 12.2 Å². The van der Waals surface area contributed by atoms with E-state index in [0.717, 1.165) is 22.5 Å². The van der Waals surface area contributed by atoms with Gasteiger partial charge >= 0.3 is 11.2 Å². The van der Waals surface area contributed by atoms with Gasteiger partial charge in [-0.25, -0.2) is 4.79 Å². The van der Waals surface area contributed by atoms with E-state index in [-0.39, 0.29) is 10.8 Å². The van der Waals surface area contributed by atoms with Gasteiger partial charge in [0.15, 0.2) is 28.6 Å². The Balaban J connectivity index is 1.57. The lowest BCUT2D eigenvalue weighted by Gasteiger charge is -2.38. The number of nitrogens with zero attached hydrogens (tertiary/aromatic N) is 2. The number of carbonyl (C=O) groups excluding carboxylic acids is 1. The molecule has 41 heavy (non-hydrogen) atoms. The van der Waals surface area contributed by atoms with Crippen molar-refractivity contribution in [2.24, 2.45) is 0 Å². The highest BCUT2D eigenvalue weighted by Crippen LogP contribution is 2.43. The van der Waals surface area contributed by atoms with Crippen molar-refractivity contribution in [3.8, 4) is 28.7 Å². The van der Waals surface area contributed by atoms with Crippen LogP contribution in [0.1, 0.15) is 28.8 Å². The molecule has 1 fully saturated rings. The first-order valence-corrected chi connectivity index (χ1v) is 13.5. The third kappa shape index (κ3) is 6.72. The summed E-state index contributed by atoms with van der Waals surface area (Å²) in [6.45, 7) is 1.31. The Hall–Kier alpha value is -4.29. The van der Waals surface area contributed by atoms with Crippen LogP contribution in [0.5, 0.6) is 28.7 Å². The zero-order chi connectivity index (χ0) is 29.6. The van der Waals surface area contributed by atoms with Gasteiger partial charge in [0.1, 0.15) is 0 Å². The van der Waals surface area contributed by atoms with Gasteiger partial charge in [0, 0.05) is 32.0 Å². The van der Waals surface area contributed by atoms with Crippen LogP contribution in [-0.2, 0) is 10.3 Å². The second-order valence-corrected chi connectivity index (χ2v) is 10.4. The van der Waals surface area contributed by atoms with Gasteiger partial charge in [-0.15, -0.1) is 0 Å². The minimum absolute atomic E-state index is 0.0106. The first-order chi connectivity index (χ1) is 19.7. The summed E-state index contributed by atoms with van der Waals surface area (Å²) in [6, 6.07) is 11.9. The molecular formula is C29H32N2O9S. The van der Waals surface area contributed by atoms with Crippen LogP contribution in [0, 0.1) is 10.1 Å². The summed E-state index contributed by atoms with van der Waals surface area (Å²) in [5.74, 6) is 2.05. The summed E-state index contributed by atoms with van der Waals surface area (Å²) >= 11 is 1.01.